The molecule has 5 heteroatoms. The second-order valence-electron chi connectivity index (χ2n) is 5.40. The molecule has 0 saturated heterocycles. The monoisotopic (exact) mass is 329 g/mol. The summed E-state index contributed by atoms with van der Waals surface area (Å²) in [6.07, 6.45) is -0.400. The van der Waals surface area contributed by atoms with Crippen LogP contribution in [0.5, 0.6) is 5.75 Å². The van der Waals surface area contributed by atoms with Crippen molar-refractivity contribution >= 4 is 6.09 Å². The zero-order valence-electron chi connectivity index (χ0n) is 13.8. The number of rotatable bonds is 8. The summed E-state index contributed by atoms with van der Waals surface area (Å²) in [4.78, 5) is 11.6. The molecule has 0 bridgehead atoms. The summed E-state index contributed by atoms with van der Waals surface area (Å²) < 4.78 is 10.6. The Morgan fingerprint density at radius 2 is 1.79 bits per heavy atom. The number of amides is 1. The van der Waals surface area contributed by atoms with E-state index < -0.39 is 12.2 Å². The van der Waals surface area contributed by atoms with E-state index in [4.69, 9.17) is 9.47 Å². The molecule has 0 fully saturated rings. The average Bonchev–Trinajstić information content (AvgIpc) is 2.64. The van der Waals surface area contributed by atoms with Gasteiger partial charge in [-0.3, -0.25) is 0 Å². The summed E-state index contributed by atoms with van der Waals surface area (Å²) in [5, 5.41) is 12.4. The van der Waals surface area contributed by atoms with Crippen molar-refractivity contribution in [2.45, 2.75) is 26.1 Å². The zero-order chi connectivity index (χ0) is 17.2. The molecule has 0 aliphatic carbocycles. The highest BCUT2D eigenvalue weighted by molar-refractivity contribution is 5.67. The third-order valence-electron chi connectivity index (χ3n) is 3.47. The van der Waals surface area contributed by atoms with Crippen molar-refractivity contribution in [2.24, 2.45) is 0 Å². The third kappa shape index (κ3) is 6.30. The number of carbonyl (C=O) groups excluding carboxylic acids is 1. The van der Waals surface area contributed by atoms with Crippen molar-refractivity contribution in [3.8, 4) is 5.75 Å². The van der Waals surface area contributed by atoms with E-state index in [2.05, 4.69) is 12.2 Å². The number of alkyl carbamates (subject to hydrolysis) is 1. The van der Waals surface area contributed by atoms with E-state index in [0.717, 1.165) is 12.0 Å². The Kier molecular flexibility index (Phi) is 7.11. The van der Waals surface area contributed by atoms with Crippen molar-refractivity contribution in [1.82, 2.24) is 5.32 Å². The van der Waals surface area contributed by atoms with Crippen molar-refractivity contribution < 1.29 is 19.4 Å². The van der Waals surface area contributed by atoms with Crippen LogP contribution in [0, 0.1) is 0 Å². The Balaban J connectivity index is 1.63. The molecule has 5 nitrogen and oxygen atoms in total. The normalized spacial score (nSPS) is 11.6. The van der Waals surface area contributed by atoms with Gasteiger partial charge in [0, 0.05) is 0 Å². The Hall–Kier alpha value is -2.53. The van der Waals surface area contributed by atoms with Crippen LogP contribution >= 0.6 is 0 Å². The number of carbonyl (C=O) groups is 1. The Labute approximate surface area is 142 Å². The highest BCUT2D eigenvalue weighted by Gasteiger charge is 2.09. The van der Waals surface area contributed by atoms with Crippen LogP contribution in [0.4, 0.5) is 4.79 Å². The molecule has 0 aromatic heterocycles. The largest absolute Gasteiger partial charge is 0.491 e. The van der Waals surface area contributed by atoms with Gasteiger partial charge >= 0.3 is 6.09 Å². The van der Waals surface area contributed by atoms with Crippen LogP contribution in [-0.2, 0) is 17.8 Å². The summed E-state index contributed by atoms with van der Waals surface area (Å²) in [6, 6.07) is 17.1. The van der Waals surface area contributed by atoms with Crippen LogP contribution in [-0.4, -0.2) is 30.5 Å². The first-order chi connectivity index (χ1) is 11.7. The second kappa shape index (κ2) is 9.57. The number of nitrogens with one attached hydrogen (secondary N) is 1. The van der Waals surface area contributed by atoms with Gasteiger partial charge < -0.3 is 19.9 Å². The van der Waals surface area contributed by atoms with Crippen molar-refractivity contribution in [1.29, 1.82) is 0 Å². The van der Waals surface area contributed by atoms with Gasteiger partial charge in [0.1, 0.15) is 25.1 Å². The molecule has 128 valence electrons. The summed E-state index contributed by atoms with van der Waals surface area (Å²) in [6.45, 7) is 2.45. The van der Waals surface area contributed by atoms with Gasteiger partial charge in [0.05, 0.1) is 6.54 Å². The number of benzene rings is 2. The molecule has 1 atom stereocenters. The van der Waals surface area contributed by atoms with E-state index >= 15 is 0 Å². The van der Waals surface area contributed by atoms with E-state index in [1.807, 2.05) is 54.6 Å². The summed E-state index contributed by atoms with van der Waals surface area (Å²) in [5.41, 5.74) is 2.14. The molecule has 1 unspecified atom stereocenters. The second-order valence-corrected chi connectivity index (χ2v) is 5.40. The molecular formula is C19H23NO4. The van der Waals surface area contributed by atoms with Crippen LogP contribution in [0.2, 0.25) is 0 Å². The fourth-order valence-electron chi connectivity index (χ4n) is 2.05. The Bertz CT molecular complexity index is 613. The molecule has 0 aliphatic rings. The Morgan fingerprint density at radius 3 is 2.46 bits per heavy atom. The third-order valence-corrected chi connectivity index (χ3v) is 3.47. The van der Waals surface area contributed by atoms with Gasteiger partial charge in [0.25, 0.3) is 0 Å². The van der Waals surface area contributed by atoms with Gasteiger partial charge in [0.15, 0.2) is 0 Å². The van der Waals surface area contributed by atoms with Crippen LogP contribution < -0.4 is 10.1 Å². The summed E-state index contributed by atoms with van der Waals surface area (Å²) in [7, 11) is 0. The average molecular weight is 329 g/mol. The maximum absolute atomic E-state index is 11.6. The topological polar surface area (TPSA) is 67.8 Å². The molecule has 24 heavy (non-hydrogen) atoms. The fourth-order valence-corrected chi connectivity index (χ4v) is 2.05. The molecule has 0 spiro atoms. The molecule has 1 amide bonds. The number of aryl methyl sites for hydroxylation is 1. The fraction of sp³-hybridized carbons (Fsp3) is 0.316. The van der Waals surface area contributed by atoms with Crippen molar-refractivity contribution in [3.63, 3.8) is 0 Å². The highest BCUT2D eigenvalue weighted by Crippen LogP contribution is 2.12. The first-order valence-corrected chi connectivity index (χ1v) is 8.01. The minimum atomic E-state index is -0.805. The van der Waals surface area contributed by atoms with Gasteiger partial charge in [0.2, 0.25) is 0 Å². The summed E-state index contributed by atoms with van der Waals surface area (Å²) >= 11 is 0. The van der Waals surface area contributed by atoms with Crippen LogP contribution in [0.1, 0.15) is 18.1 Å². The van der Waals surface area contributed by atoms with Gasteiger partial charge in [-0.25, -0.2) is 4.79 Å². The smallest absolute Gasteiger partial charge is 0.407 e. The SMILES string of the molecule is CCc1ccc(OCC(O)CNC(=O)OCc2ccccc2)cc1. The van der Waals surface area contributed by atoms with Crippen molar-refractivity contribution in [3.05, 3.63) is 65.7 Å². The van der Waals surface area contributed by atoms with Gasteiger partial charge in [-0.2, -0.15) is 0 Å². The number of hydrogen-bond acceptors (Lipinski definition) is 4. The van der Waals surface area contributed by atoms with Crippen molar-refractivity contribution in [2.75, 3.05) is 13.2 Å². The predicted octanol–water partition coefficient (Wildman–Crippen LogP) is 2.92. The minimum absolute atomic E-state index is 0.0701. The lowest BCUT2D eigenvalue weighted by molar-refractivity contribution is 0.0965. The van der Waals surface area contributed by atoms with E-state index in [0.29, 0.717) is 5.75 Å². The molecule has 2 N–H and O–H groups in total. The van der Waals surface area contributed by atoms with Gasteiger partial charge in [-0.1, -0.05) is 49.4 Å². The quantitative estimate of drug-likeness (QED) is 0.781. The van der Waals surface area contributed by atoms with E-state index in [9.17, 15) is 9.90 Å². The molecular weight excluding hydrogens is 306 g/mol. The first-order valence-electron chi connectivity index (χ1n) is 8.01. The molecule has 2 aromatic carbocycles. The number of aliphatic hydroxyl groups is 1. The summed E-state index contributed by atoms with van der Waals surface area (Å²) in [5.74, 6) is 0.693. The lowest BCUT2D eigenvalue weighted by Crippen LogP contribution is -2.35. The number of aliphatic hydroxyl groups excluding tert-OH is 1. The standard InChI is InChI=1S/C19H23NO4/c1-2-15-8-10-18(11-9-15)23-14-17(21)12-20-19(22)24-13-16-6-4-3-5-7-16/h3-11,17,21H,2,12-14H2,1H3,(H,20,22). The maximum atomic E-state index is 11.6. The van der Waals surface area contributed by atoms with Crippen LogP contribution in [0.15, 0.2) is 54.6 Å². The minimum Gasteiger partial charge on any atom is -0.491 e. The number of ether oxygens (including phenoxy) is 2. The first kappa shape index (κ1) is 17.8. The van der Waals surface area contributed by atoms with E-state index in [1.54, 1.807) is 0 Å². The maximum Gasteiger partial charge on any atom is 0.407 e. The highest BCUT2D eigenvalue weighted by atomic mass is 16.5. The molecule has 2 rings (SSSR count). The lowest BCUT2D eigenvalue weighted by atomic mass is 10.2. The van der Waals surface area contributed by atoms with Crippen LogP contribution in [0.25, 0.3) is 0 Å². The molecule has 0 heterocycles. The molecule has 0 radical (unpaired) electrons. The van der Waals surface area contributed by atoms with Crippen LogP contribution in [0.3, 0.4) is 0 Å². The Morgan fingerprint density at radius 1 is 1.08 bits per heavy atom. The molecule has 0 saturated carbocycles. The molecule has 0 aliphatic heterocycles. The molecule has 2 aromatic rings. The van der Waals surface area contributed by atoms with E-state index in [-0.39, 0.29) is 19.8 Å². The van der Waals surface area contributed by atoms with Gasteiger partial charge in [-0.15, -0.1) is 0 Å². The zero-order valence-corrected chi connectivity index (χ0v) is 13.8. The lowest BCUT2D eigenvalue weighted by Gasteiger charge is -2.13. The van der Waals surface area contributed by atoms with Gasteiger partial charge in [-0.05, 0) is 29.7 Å². The number of hydrogen-bond donors (Lipinski definition) is 2. The predicted molar refractivity (Wildman–Crippen MR) is 92.0 cm³/mol. The van der Waals surface area contributed by atoms with E-state index in [1.165, 1.54) is 5.56 Å².